The second kappa shape index (κ2) is 9.42. The summed E-state index contributed by atoms with van der Waals surface area (Å²) in [6.07, 6.45) is 4.38. The van der Waals surface area contributed by atoms with Gasteiger partial charge in [-0.2, -0.15) is 9.13 Å². The molecule has 0 radical (unpaired) electrons. The number of aryl methyl sites for hydroxylation is 2. The van der Waals surface area contributed by atoms with Crippen molar-refractivity contribution in [1.29, 1.82) is 0 Å². The minimum Gasteiger partial charge on any atom is -0.497 e. The molecule has 198 valence electrons. The Labute approximate surface area is 232 Å². The van der Waals surface area contributed by atoms with Gasteiger partial charge in [-0.25, -0.2) is 0 Å². The molecule has 3 aromatic carbocycles. The van der Waals surface area contributed by atoms with Crippen LogP contribution in [0.2, 0.25) is 0 Å². The van der Waals surface area contributed by atoms with Crippen LogP contribution in [0.25, 0.3) is 43.6 Å². The van der Waals surface area contributed by atoms with Crippen molar-refractivity contribution in [3.8, 4) is 11.5 Å². The van der Waals surface area contributed by atoms with E-state index >= 15 is 0 Å². The highest BCUT2D eigenvalue weighted by atomic mass is 16.5. The highest BCUT2D eigenvalue weighted by Gasteiger charge is 2.18. The highest BCUT2D eigenvalue weighted by Crippen LogP contribution is 2.30. The molecule has 7 aromatic rings. The summed E-state index contributed by atoms with van der Waals surface area (Å²) in [5.41, 5.74) is 9.50. The molecule has 0 saturated carbocycles. The van der Waals surface area contributed by atoms with Gasteiger partial charge in [0.15, 0.2) is 25.5 Å². The molecule has 0 aliphatic rings. The fraction of sp³-hybridized carbons (Fsp3) is 0.176. The first kappa shape index (κ1) is 24.2. The number of aromatic nitrogens is 4. The van der Waals surface area contributed by atoms with Gasteiger partial charge in [0.2, 0.25) is 11.4 Å². The lowest BCUT2D eigenvalue weighted by Gasteiger charge is -2.05. The third-order valence-electron chi connectivity index (χ3n) is 8.25. The molecule has 0 unspecified atom stereocenters. The summed E-state index contributed by atoms with van der Waals surface area (Å²) >= 11 is 0. The SMILES string of the molecule is COc1ccc2c(c1)[nH]c1c(C)[n+](Cc3ccc(C[n+]4ccc5c([nH]c6cc(OC)ccc65)c4C)cc3)ccc12. The summed E-state index contributed by atoms with van der Waals surface area (Å²) < 4.78 is 15.4. The molecule has 6 nitrogen and oxygen atoms in total. The van der Waals surface area contributed by atoms with Gasteiger partial charge in [-0.1, -0.05) is 24.3 Å². The number of benzene rings is 3. The van der Waals surface area contributed by atoms with Crippen molar-refractivity contribution in [3.63, 3.8) is 0 Å². The minimum atomic E-state index is 0.817. The number of ether oxygens (including phenoxy) is 2. The smallest absolute Gasteiger partial charge is 0.202 e. The molecular weight excluding hydrogens is 496 g/mol. The molecule has 0 amide bonds. The first-order valence-corrected chi connectivity index (χ1v) is 13.6. The number of H-pyrrole nitrogens is 2. The third kappa shape index (κ3) is 3.95. The first-order chi connectivity index (χ1) is 19.5. The Bertz CT molecular complexity index is 1900. The van der Waals surface area contributed by atoms with Crippen LogP contribution in [0.4, 0.5) is 0 Å². The molecule has 6 heteroatoms. The van der Waals surface area contributed by atoms with E-state index in [1.165, 1.54) is 55.1 Å². The lowest BCUT2D eigenvalue weighted by atomic mass is 10.1. The zero-order valence-electron chi connectivity index (χ0n) is 23.2. The van der Waals surface area contributed by atoms with Crippen molar-refractivity contribution in [3.05, 3.63) is 108 Å². The molecule has 7 rings (SSSR count). The van der Waals surface area contributed by atoms with E-state index in [2.05, 4.69) is 106 Å². The van der Waals surface area contributed by atoms with Crippen LogP contribution in [0.1, 0.15) is 22.5 Å². The van der Waals surface area contributed by atoms with Crippen LogP contribution >= 0.6 is 0 Å². The number of hydrogen-bond acceptors (Lipinski definition) is 2. The van der Waals surface area contributed by atoms with Gasteiger partial charge in [0.05, 0.1) is 25.3 Å². The molecule has 0 aliphatic heterocycles. The Hall–Kier alpha value is -4.84. The van der Waals surface area contributed by atoms with Crippen LogP contribution in [0, 0.1) is 13.8 Å². The molecule has 4 heterocycles. The number of aromatic amines is 2. The lowest BCUT2D eigenvalue weighted by molar-refractivity contribution is -0.693. The second-order valence-corrected chi connectivity index (χ2v) is 10.5. The van der Waals surface area contributed by atoms with Crippen molar-refractivity contribution in [2.75, 3.05) is 14.2 Å². The predicted octanol–water partition coefficient (Wildman–Crippen LogP) is 6.26. The van der Waals surface area contributed by atoms with Gasteiger partial charge in [-0.05, 0) is 24.3 Å². The van der Waals surface area contributed by atoms with E-state index in [4.69, 9.17) is 9.47 Å². The zero-order chi connectivity index (χ0) is 27.4. The summed E-state index contributed by atoms with van der Waals surface area (Å²) in [4.78, 5) is 7.21. The molecule has 4 aromatic heterocycles. The van der Waals surface area contributed by atoms with Crippen LogP contribution in [-0.2, 0) is 13.1 Å². The standard InChI is InChI=1S/C34H30N4O2/c1-21-33-29(27-11-9-25(39-3)17-31(27)35-33)13-15-37(21)19-23-5-7-24(8-6-23)20-38-16-14-30-28-12-10-26(40-4)18-32(28)36-34(30)22(38)2/h5-18H,19-20H2,1-4H3/p+2. The van der Waals surface area contributed by atoms with E-state index < -0.39 is 0 Å². The molecular formula is C34H32N4O2+2. The molecule has 0 saturated heterocycles. The van der Waals surface area contributed by atoms with Crippen molar-refractivity contribution in [2.24, 2.45) is 0 Å². The maximum atomic E-state index is 5.41. The number of methoxy groups -OCH3 is 2. The Morgan fingerprint density at radius 3 is 1.38 bits per heavy atom. The largest absolute Gasteiger partial charge is 0.497 e. The number of nitrogens with one attached hydrogen (secondary N) is 2. The van der Waals surface area contributed by atoms with Gasteiger partial charge in [-0.3, -0.25) is 0 Å². The summed E-state index contributed by atoms with van der Waals surface area (Å²) in [5.74, 6) is 1.72. The average molecular weight is 529 g/mol. The third-order valence-corrected chi connectivity index (χ3v) is 8.25. The van der Waals surface area contributed by atoms with Crippen molar-refractivity contribution < 1.29 is 18.6 Å². The van der Waals surface area contributed by atoms with E-state index in [0.717, 1.165) is 35.6 Å². The monoisotopic (exact) mass is 528 g/mol. The molecule has 0 aliphatic carbocycles. The summed E-state index contributed by atoms with van der Waals surface area (Å²) in [6, 6.07) is 25.8. The maximum absolute atomic E-state index is 5.41. The second-order valence-electron chi connectivity index (χ2n) is 10.5. The number of pyridine rings is 2. The Morgan fingerprint density at radius 2 is 0.975 bits per heavy atom. The van der Waals surface area contributed by atoms with E-state index in [1.807, 2.05) is 12.1 Å². The van der Waals surface area contributed by atoms with Gasteiger partial charge in [0.25, 0.3) is 0 Å². The number of fused-ring (bicyclic) bond motifs is 6. The molecule has 2 N–H and O–H groups in total. The maximum Gasteiger partial charge on any atom is 0.202 e. The minimum absolute atomic E-state index is 0.817. The number of rotatable bonds is 6. The first-order valence-electron chi connectivity index (χ1n) is 13.6. The van der Waals surface area contributed by atoms with Gasteiger partial charge < -0.3 is 19.4 Å². The summed E-state index contributed by atoms with van der Waals surface area (Å²) in [6.45, 7) is 5.99. The fourth-order valence-electron chi connectivity index (χ4n) is 5.89. The van der Waals surface area contributed by atoms with Gasteiger partial charge >= 0.3 is 0 Å². The fourth-order valence-corrected chi connectivity index (χ4v) is 5.89. The lowest BCUT2D eigenvalue weighted by Crippen LogP contribution is -2.38. The van der Waals surface area contributed by atoms with E-state index in [1.54, 1.807) is 14.2 Å². The van der Waals surface area contributed by atoms with Crippen molar-refractivity contribution >= 4 is 43.6 Å². The molecule has 0 atom stereocenters. The number of nitrogens with zero attached hydrogens (tertiary/aromatic N) is 2. The normalized spacial score (nSPS) is 11.7. The van der Waals surface area contributed by atoms with E-state index in [-0.39, 0.29) is 0 Å². The van der Waals surface area contributed by atoms with Gasteiger partial charge in [0.1, 0.15) is 22.5 Å². The van der Waals surface area contributed by atoms with E-state index in [9.17, 15) is 0 Å². The molecule has 0 bridgehead atoms. The van der Waals surface area contributed by atoms with Gasteiger partial charge in [-0.15, -0.1) is 0 Å². The highest BCUT2D eigenvalue weighted by molar-refractivity contribution is 6.08. The van der Waals surface area contributed by atoms with Crippen molar-refractivity contribution in [2.45, 2.75) is 26.9 Å². The Balaban J connectivity index is 1.14. The van der Waals surface area contributed by atoms with Crippen LogP contribution in [-0.4, -0.2) is 24.2 Å². The summed E-state index contributed by atoms with van der Waals surface area (Å²) in [7, 11) is 3.40. The topological polar surface area (TPSA) is 57.8 Å². The Kier molecular flexibility index (Phi) is 5.70. The molecule has 0 spiro atoms. The summed E-state index contributed by atoms with van der Waals surface area (Å²) in [5, 5.41) is 4.91. The quantitative estimate of drug-likeness (QED) is 0.250. The predicted molar refractivity (Wildman–Crippen MR) is 159 cm³/mol. The number of hydrogen-bond donors (Lipinski definition) is 2. The molecule has 40 heavy (non-hydrogen) atoms. The molecule has 0 fully saturated rings. The van der Waals surface area contributed by atoms with Crippen LogP contribution in [0.15, 0.2) is 85.2 Å². The van der Waals surface area contributed by atoms with Gasteiger partial charge in [0, 0.05) is 70.8 Å². The Morgan fingerprint density at radius 1 is 0.550 bits per heavy atom. The zero-order valence-corrected chi connectivity index (χ0v) is 23.2. The average Bonchev–Trinajstić information content (AvgIpc) is 3.55. The van der Waals surface area contributed by atoms with Crippen molar-refractivity contribution in [1.82, 2.24) is 9.97 Å². The van der Waals surface area contributed by atoms with Crippen LogP contribution < -0.4 is 18.6 Å². The van der Waals surface area contributed by atoms with Crippen LogP contribution in [0.5, 0.6) is 11.5 Å². The van der Waals surface area contributed by atoms with Crippen LogP contribution in [0.3, 0.4) is 0 Å². The van der Waals surface area contributed by atoms with E-state index in [0.29, 0.717) is 0 Å².